The maximum atomic E-state index is 14.0. The molecule has 2 aromatic rings. The summed E-state index contributed by atoms with van der Waals surface area (Å²) in [5.74, 6) is -1.06. The number of ether oxygens (including phenoxy) is 2. The second kappa shape index (κ2) is 7.06. The molecule has 3 rings (SSSR count). The maximum Gasteiger partial charge on any atom is 0.337 e. The third-order valence-electron chi connectivity index (χ3n) is 3.62. The third kappa shape index (κ3) is 3.68. The SMILES string of the molecule is COC(=O)c1ccc(NCc2csc([C@@H]3CCCO3)n2)c(F)c1. The van der Waals surface area contributed by atoms with Gasteiger partial charge >= 0.3 is 5.97 Å². The Balaban J connectivity index is 1.63. The van der Waals surface area contributed by atoms with Crippen molar-refractivity contribution >= 4 is 23.0 Å². The number of esters is 1. The highest BCUT2D eigenvalue weighted by molar-refractivity contribution is 7.09. The van der Waals surface area contributed by atoms with Gasteiger partial charge in [-0.05, 0) is 31.0 Å². The molecule has 7 heteroatoms. The van der Waals surface area contributed by atoms with Gasteiger partial charge in [0.25, 0.3) is 0 Å². The van der Waals surface area contributed by atoms with E-state index < -0.39 is 11.8 Å². The van der Waals surface area contributed by atoms with Crippen LogP contribution >= 0.6 is 11.3 Å². The average Bonchev–Trinajstić information content (AvgIpc) is 3.24. The van der Waals surface area contributed by atoms with Crippen molar-refractivity contribution in [2.45, 2.75) is 25.5 Å². The molecular weight excluding hydrogens is 319 g/mol. The molecule has 1 atom stereocenters. The molecule has 0 spiro atoms. The van der Waals surface area contributed by atoms with Crippen molar-refractivity contribution in [2.24, 2.45) is 0 Å². The van der Waals surface area contributed by atoms with Crippen LogP contribution in [-0.4, -0.2) is 24.7 Å². The average molecular weight is 336 g/mol. The smallest absolute Gasteiger partial charge is 0.337 e. The van der Waals surface area contributed by atoms with Gasteiger partial charge in [0.1, 0.15) is 16.9 Å². The number of aromatic nitrogens is 1. The Morgan fingerprint density at radius 2 is 2.43 bits per heavy atom. The van der Waals surface area contributed by atoms with Crippen LogP contribution in [0.3, 0.4) is 0 Å². The van der Waals surface area contributed by atoms with Crippen LogP contribution in [0, 0.1) is 5.82 Å². The van der Waals surface area contributed by atoms with Crippen LogP contribution in [0.2, 0.25) is 0 Å². The molecule has 1 aromatic carbocycles. The molecule has 1 fully saturated rings. The van der Waals surface area contributed by atoms with Gasteiger partial charge in [-0.25, -0.2) is 14.2 Å². The molecule has 1 aliphatic heterocycles. The predicted octanol–water partition coefficient (Wildman–Crippen LogP) is 3.53. The first-order valence-corrected chi connectivity index (χ1v) is 8.23. The molecule has 0 unspecified atom stereocenters. The van der Waals surface area contributed by atoms with Gasteiger partial charge < -0.3 is 14.8 Å². The fraction of sp³-hybridized carbons (Fsp3) is 0.375. The lowest BCUT2D eigenvalue weighted by Gasteiger charge is -2.07. The van der Waals surface area contributed by atoms with Crippen molar-refractivity contribution in [1.29, 1.82) is 0 Å². The van der Waals surface area contributed by atoms with Gasteiger partial charge in [-0.1, -0.05) is 0 Å². The van der Waals surface area contributed by atoms with Gasteiger partial charge in [0.05, 0.1) is 30.6 Å². The molecule has 1 saturated heterocycles. The van der Waals surface area contributed by atoms with Crippen LogP contribution < -0.4 is 5.32 Å². The van der Waals surface area contributed by atoms with Crippen LogP contribution in [0.5, 0.6) is 0 Å². The van der Waals surface area contributed by atoms with Gasteiger partial charge in [0.15, 0.2) is 0 Å². The van der Waals surface area contributed by atoms with E-state index in [-0.39, 0.29) is 11.7 Å². The maximum absolute atomic E-state index is 14.0. The standard InChI is InChI=1S/C16H17FN2O3S/c1-21-16(20)10-4-5-13(12(17)7-10)18-8-11-9-23-15(19-11)14-3-2-6-22-14/h4-5,7,9,14,18H,2-3,6,8H2,1H3/t14-/m0/s1. The van der Waals surface area contributed by atoms with E-state index in [0.717, 1.165) is 36.2 Å². The first-order valence-electron chi connectivity index (χ1n) is 7.35. The Hall–Kier alpha value is -1.99. The van der Waals surface area contributed by atoms with Crippen LogP contribution in [-0.2, 0) is 16.0 Å². The lowest BCUT2D eigenvalue weighted by Crippen LogP contribution is -2.05. The highest BCUT2D eigenvalue weighted by Gasteiger charge is 2.20. The molecule has 1 N–H and O–H groups in total. The normalized spacial score (nSPS) is 17.2. The minimum absolute atomic E-state index is 0.102. The summed E-state index contributed by atoms with van der Waals surface area (Å²) in [7, 11) is 1.26. The second-order valence-corrected chi connectivity index (χ2v) is 6.11. The van der Waals surface area contributed by atoms with E-state index in [1.807, 2.05) is 5.38 Å². The summed E-state index contributed by atoms with van der Waals surface area (Å²) in [6, 6.07) is 4.21. The van der Waals surface area contributed by atoms with Gasteiger partial charge in [-0.3, -0.25) is 0 Å². The summed E-state index contributed by atoms with van der Waals surface area (Å²) in [6.45, 7) is 1.20. The number of nitrogens with zero attached hydrogens (tertiary/aromatic N) is 1. The van der Waals surface area contributed by atoms with E-state index >= 15 is 0 Å². The highest BCUT2D eigenvalue weighted by Crippen LogP contribution is 2.30. The minimum atomic E-state index is -0.559. The summed E-state index contributed by atoms with van der Waals surface area (Å²) in [6.07, 6.45) is 2.17. The number of methoxy groups -OCH3 is 1. The molecule has 5 nitrogen and oxygen atoms in total. The molecule has 0 radical (unpaired) electrons. The number of carbonyl (C=O) groups is 1. The summed E-state index contributed by atoms with van der Waals surface area (Å²) in [5, 5.41) is 5.92. The molecule has 23 heavy (non-hydrogen) atoms. The monoisotopic (exact) mass is 336 g/mol. The molecule has 122 valence electrons. The number of hydrogen-bond donors (Lipinski definition) is 1. The third-order valence-corrected chi connectivity index (χ3v) is 4.61. The Bertz CT molecular complexity index is 698. The number of rotatable bonds is 5. The summed E-state index contributed by atoms with van der Waals surface area (Å²) in [5.41, 5.74) is 1.35. The van der Waals surface area contributed by atoms with E-state index in [4.69, 9.17) is 4.74 Å². The first-order chi connectivity index (χ1) is 11.2. The lowest BCUT2D eigenvalue weighted by atomic mass is 10.2. The van der Waals surface area contributed by atoms with Gasteiger partial charge in [0.2, 0.25) is 0 Å². The molecule has 0 saturated carbocycles. The molecule has 0 bridgehead atoms. The number of thiazole rings is 1. The van der Waals surface area contributed by atoms with Gasteiger partial charge in [0, 0.05) is 12.0 Å². The van der Waals surface area contributed by atoms with Crippen LogP contribution in [0.15, 0.2) is 23.6 Å². The zero-order valence-electron chi connectivity index (χ0n) is 12.7. The van der Waals surface area contributed by atoms with Crippen molar-refractivity contribution in [3.8, 4) is 0 Å². The van der Waals surface area contributed by atoms with Crippen molar-refractivity contribution in [3.63, 3.8) is 0 Å². The molecule has 1 aromatic heterocycles. The number of anilines is 1. The topological polar surface area (TPSA) is 60.5 Å². The first kappa shape index (κ1) is 15.9. The van der Waals surface area contributed by atoms with Crippen molar-refractivity contribution in [2.75, 3.05) is 19.0 Å². The zero-order valence-corrected chi connectivity index (χ0v) is 13.5. The van der Waals surface area contributed by atoms with E-state index in [9.17, 15) is 9.18 Å². The van der Waals surface area contributed by atoms with E-state index in [1.165, 1.54) is 19.2 Å². The van der Waals surface area contributed by atoms with E-state index in [0.29, 0.717) is 12.2 Å². The van der Waals surface area contributed by atoms with Crippen LogP contribution in [0.25, 0.3) is 0 Å². The van der Waals surface area contributed by atoms with Crippen molar-refractivity contribution < 1.29 is 18.7 Å². The van der Waals surface area contributed by atoms with Gasteiger partial charge in [-0.15, -0.1) is 11.3 Å². The summed E-state index contributed by atoms with van der Waals surface area (Å²) in [4.78, 5) is 15.9. The Kier molecular flexibility index (Phi) is 4.88. The fourth-order valence-electron chi connectivity index (χ4n) is 2.41. The zero-order chi connectivity index (χ0) is 16.2. The fourth-order valence-corrected chi connectivity index (χ4v) is 3.31. The Morgan fingerprint density at radius 3 is 3.13 bits per heavy atom. The van der Waals surface area contributed by atoms with Crippen molar-refractivity contribution in [1.82, 2.24) is 4.98 Å². The van der Waals surface area contributed by atoms with Crippen LogP contribution in [0.4, 0.5) is 10.1 Å². The van der Waals surface area contributed by atoms with E-state index in [1.54, 1.807) is 11.3 Å². The number of nitrogens with one attached hydrogen (secondary N) is 1. The van der Waals surface area contributed by atoms with Gasteiger partial charge in [-0.2, -0.15) is 0 Å². The molecular formula is C16H17FN2O3S. The van der Waals surface area contributed by atoms with E-state index in [2.05, 4.69) is 15.0 Å². The Labute approximate surface area is 137 Å². The minimum Gasteiger partial charge on any atom is -0.465 e. The molecule has 0 aliphatic carbocycles. The number of hydrogen-bond acceptors (Lipinski definition) is 6. The number of halogens is 1. The number of benzene rings is 1. The molecule has 0 amide bonds. The second-order valence-electron chi connectivity index (χ2n) is 5.22. The summed E-state index contributed by atoms with van der Waals surface area (Å²) >= 11 is 1.56. The quantitative estimate of drug-likeness (QED) is 0.847. The van der Waals surface area contributed by atoms with Crippen molar-refractivity contribution in [3.05, 3.63) is 45.7 Å². The molecule has 1 aliphatic rings. The van der Waals surface area contributed by atoms with Crippen LogP contribution in [0.1, 0.15) is 40.0 Å². The largest absolute Gasteiger partial charge is 0.465 e. The molecule has 2 heterocycles. The number of carbonyl (C=O) groups excluding carboxylic acids is 1. The Morgan fingerprint density at radius 1 is 1.57 bits per heavy atom. The predicted molar refractivity (Wildman–Crippen MR) is 85.1 cm³/mol. The highest BCUT2D eigenvalue weighted by atomic mass is 32.1. The lowest BCUT2D eigenvalue weighted by molar-refractivity contribution is 0.0600. The summed E-state index contributed by atoms with van der Waals surface area (Å²) < 4.78 is 24.2.